The van der Waals surface area contributed by atoms with Gasteiger partial charge in [0.1, 0.15) is 5.54 Å². The van der Waals surface area contributed by atoms with Gasteiger partial charge in [0.15, 0.2) is 5.82 Å². The number of anilines is 3. The van der Waals surface area contributed by atoms with Gasteiger partial charge in [0.25, 0.3) is 5.91 Å². The number of hydrogen-bond donors (Lipinski definition) is 3. The number of nitrogens with zero attached hydrogens (tertiary/aromatic N) is 4. The lowest BCUT2D eigenvalue weighted by Crippen LogP contribution is -2.46. The van der Waals surface area contributed by atoms with Crippen molar-refractivity contribution in [3.05, 3.63) is 71.0 Å². The summed E-state index contributed by atoms with van der Waals surface area (Å²) >= 11 is 0. The molecule has 3 aromatic rings. The van der Waals surface area contributed by atoms with Crippen molar-refractivity contribution in [3.63, 3.8) is 0 Å². The van der Waals surface area contributed by atoms with Gasteiger partial charge in [-0.15, -0.1) is 0 Å². The summed E-state index contributed by atoms with van der Waals surface area (Å²) in [7, 11) is 0. The first-order valence-corrected chi connectivity index (χ1v) is 11.1. The Morgan fingerprint density at radius 2 is 1.88 bits per heavy atom. The summed E-state index contributed by atoms with van der Waals surface area (Å²) in [4.78, 5) is 40.4. The lowest BCUT2D eigenvalue weighted by atomic mass is 9.76. The number of rotatable bonds is 5. The molecule has 1 aliphatic carbocycles. The molecule has 0 bridgehead atoms. The summed E-state index contributed by atoms with van der Waals surface area (Å²) in [5.41, 5.74) is 8.81. The summed E-state index contributed by atoms with van der Waals surface area (Å²) in [5, 5.41) is 6.12. The van der Waals surface area contributed by atoms with Crippen LogP contribution >= 0.6 is 0 Å². The Labute approximate surface area is 191 Å². The first-order chi connectivity index (χ1) is 16.0. The number of amides is 3. The van der Waals surface area contributed by atoms with Crippen LogP contribution in [0.3, 0.4) is 0 Å². The van der Waals surface area contributed by atoms with Gasteiger partial charge in [-0.1, -0.05) is 49.4 Å². The highest BCUT2D eigenvalue weighted by Crippen LogP contribution is 2.40. The van der Waals surface area contributed by atoms with Crippen LogP contribution < -0.4 is 16.4 Å². The standard InChI is InChI=1S/C24H25N7O2/c1-2-15-8-4-6-12-18(15)26-22-28-19(27-21(25)29-22)14-31-20(32)24(30-23(31)33)13-7-10-16-9-3-5-11-17(16)24/h3-6,8-9,11-12H,2,7,10,13-14H2,1H3,(H,30,33)(H3,25,26,27,28,29)/t24-/m1/s1. The molecule has 0 radical (unpaired) electrons. The van der Waals surface area contributed by atoms with E-state index in [0.29, 0.717) is 6.42 Å². The van der Waals surface area contributed by atoms with Crippen molar-refractivity contribution < 1.29 is 9.59 Å². The molecule has 2 aromatic carbocycles. The number of nitrogen functional groups attached to an aromatic ring is 1. The van der Waals surface area contributed by atoms with Crippen LogP contribution in [0.25, 0.3) is 0 Å². The zero-order chi connectivity index (χ0) is 23.0. The largest absolute Gasteiger partial charge is 0.368 e. The average Bonchev–Trinajstić information content (AvgIpc) is 3.04. The zero-order valence-electron chi connectivity index (χ0n) is 18.3. The summed E-state index contributed by atoms with van der Waals surface area (Å²) in [5.74, 6) is 0.234. The predicted octanol–water partition coefficient (Wildman–Crippen LogP) is 3.04. The van der Waals surface area contributed by atoms with Crippen LogP contribution in [0, 0.1) is 0 Å². The average molecular weight is 444 g/mol. The number of carbonyl (C=O) groups excluding carboxylic acids is 2. The van der Waals surface area contributed by atoms with E-state index in [9.17, 15) is 9.59 Å². The Kier molecular flexibility index (Phi) is 5.16. The summed E-state index contributed by atoms with van der Waals surface area (Å²) in [6.45, 7) is 1.97. The van der Waals surface area contributed by atoms with Crippen molar-refractivity contribution in [1.82, 2.24) is 25.2 Å². The Hall–Kier alpha value is -4.01. The van der Waals surface area contributed by atoms with Gasteiger partial charge in [-0.3, -0.25) is 9.69 Å². The minimum atomic E-state index is -1.04. The van der Waals surface area contributed by atoms with Gasteiger partial charge in [-0.25, -0.2) is 4.79 Å². The number of benzene rings is 2. The van der Waals surface area contributed by atoms with Crippen LogP contribution in [-0.4, -0.2) is 31.8 Å². The van der Waals surface area contributed by atoms with E-state index in [1.807, 2.05) is 48.5 Å². The minimum Gasteiger partial charge on any atom is -0.368 e. The number of carbonyl (C=O) groups is 2. The Morgan fingerprint density at radius 1 is 1.09 bits per heavy atom. The van der Waals surface area contributed by atoms with Crippen molar-refractivity contribution in [2.24, 2.45) is 0 Å². The Balaban J connectivity index is 1.42. The van der Waals surface area contributed by atoms with Crippen LogP contribution in [-0.2, 0) is 29.7 Å². The van der Waals surface area contributed by atoms with E-state index in [2.05, 4.69) is 32.5 Å². The second kappa shape index (κ2) is 8.16. The molecule has 0 unspecified atom stereocenters. The first-order valence-electron chi connectivity index (χ1n) is 11.1. The molecule has 1 spiro atoms. The second-order valence-electron chi connectivity index (χ2n) is 8.31. The maximum absolute atomic E-state index is 13.5. The SMILES string of the molecule is CCc1ccccc1Nc1nc(N)nc(CN2C(=O)N[C@@]3(CCCc4ccccc43)C2=O)n1. The first kappa shape index (κ1) is 20.9. The molecule has 1 aromatic heterocycles. The highest BCUT2D eigenvalue weighted by atomic mass is 16.2. The molecule has 2 heterocycles. The molecular formula is C24H25N7O2. The van der Waals surface area contributed by atoms with Gasteiger partial charge in [-0.05, 0) is 48.4 Å². The fourth-order valence-corrected chi connectivity index (χ4v) is 4.73. The topological polar surface area (TPSA) is 126 Å². The van der Waals surface area contributed by atoms with Crippen molar-refractivity contribution in [3.8, 4) is 0 Å². The lowest BCUT2D eigenvalue weighted by molar-refractivity contribution is -0.132. The molecule has 1 saturated heterocycles. The third-order valence-electron chi connectivity index (χ3n) is 6.29. The Morgan fingerprint density at radius 3 is 2.73 bits per heavy atom. The van der Waals surface area contributed by atoms with E-state index in [4.69, 9.17) is 5.73 Å². The summed E-state index contributed by atoms with van der Waals surface area (Å²) in [6, 6.07) is 15.2. The molecule has 9 heteroatoms. The lowest BCUT2D eigenvalue weighted by Gasteiger charge is -2.33. The third-order valence-corrected chi connectivity index (χ3v) is 6.29. The van der Waals surface area contributed by atoms with Crippen molar-refractivity contribution in [1.29, 1.82) is 0 Å². The van der Waals surface area contributed by atoms with Crippen LogP contribution in [0.1, 0.15) is 42.3 Å². The number of fused-ring (bicyclic) bond motifs is 2. The molecule has 1 atom stereocenters. The molecule has 2 aliphatic rings. The fourth-order valence-electron chi connectivity index (χ4n) is 4.73. The third kappa shape index (κ3) is 3.65. The zero-order valence-corrected chi connectivity index (χ0v) is 18.3. The molecule has 1 fully saturated rings. The minimum absolute atomic E-state index is 0.0151. The molecule has 168 valence electrons. The molecular weight excluding hydrogens is 418 g/mol. The number of nitrogens with two attached hydrogens (primary N) is 1. The maximum atomic E-state index is 13.5. The van der Waals surface area contributed by atoms with E-state index in [1.54, 1.807) is 0 Å². The highest BCUT2D eigenvalue weighted by Gasteiger charge is 2.54. The van der Waals surface area contributed by atoms with Crippen LogP contribution in [0.2, 0.25) is 0 Å². The van der Waals surface area contributed by atoms with Crippen LogP contribution in [0.4, 0.5) is 22.4 Å². The van der Waals surface area contributed by atoms with E-state index < -0.39 is 11.6 Å². The van der Waals surface area contributed by atoms with Gasteiger partial charge < -0.3 is 16.4 Å². The molecule has 9 nitrogen and oxygen atoms in total. The van der Waals surface area contributed by atoms with Gasteiger partial charge >= 0.3 is 6.03 Å². The number of aromatic nitrogens is 3. The second-order valence-corrected chi connectivity index (χ2v) is 8.31. The van der Waals surface area contributed by atoms with Crippen molar-refractivity contribution >= 4 is 29.5 Å². The van der Waals surface area contributed by atoms with E-state index in [0.717, 1.165) is 41.6 Å². The smallest absolute Gasteiger partial charge is 0.325 e. The van der Waals surface area contributed by atoms with Crippen LogP contribution in [0.5, 0.6) is 0 Å². The summed E-state index contributed by atoms with van der Waals surface area (Å²) < 4.78 is 0. The molecule has 33 heavy (non-hydrogen) atoms. The fraction of sp³-hybridized carbons (Fsp3) is 0.292. The van der Waals surface area contributed by atoms with E-state index in [-0.39, 0.29) is 30.2 Å². The molecule has 1 aliphatic heterocycles. The van der Waals surface area contributed by atoms with Gasteiger partial charge in [0.2, 0.25) is 11.9 Å². The normalized spacial score (nSPS) is 19.5. The van der Waals surface area contributed by atoms with E-state index in [1.165, 1.54) is 4.90 Å². The van der Waals surface area contributed by atoms with Crippen LogP contribution in [0.15, 0.2) is 48.5 Å². The highest BCUT2D eigenvalue weighted by molar-refractivity contribution is 6.07. The van der Waals surface area contributed by atoms with Crippen molar-refractivity contribution in [2.45, 2.75) is 44.7 Å². The van der Waals surface area contributed by atoms with Gasteiger partial charge in [-0.2, -0.15) is 15.0 Å². The number of hydrogen-bond acceptors (Lipinski definition) is 7. The molecule has 0 saturated carbocycles. The number of para-hydroxylation sites is 1. The molecule has 3 amide bonds. The maximum Gasteiger partial charge on any atom is 0.325 e. The summed E-state index contributed by atoms with van der Waals surface area (Å²) in [6.07, 6.45) is 3.10. The molecule has 4 N–H and O–H groups in total. The number of nitrogens with one attached hydrogen (secondary N) is 2. The van der Waals surface area contributed by atoms with Gasteiger partial charge in [0, 0.05) is 5.69 Å². The number of imide groups is 1. The number of urea groups is 1. The monoisotopic (exact) mass is 443 g/mol. The quantitative estimate of drug-likeness (QED) is 0.517. The molecule has 5 rings (SSSR count). The predicted molar refractivity (Wildman–Crippen MR) is 123 cm³/mol. The van der Waals surface area contributed by atoms with E-state index >= 15 is 0 Å². The Bertz CT molecular complexity index is 1240. The van der Waals surface area contributed by atoms with Crippen molar-refractivity contribution in [2.75, 3.05) is 11.1 Å². The van der Waals surface area contributed by atoms with Gasteiger partial charge in [0.05, 0.1) is 6.54 Å². The number of aryl methyl sites for hydroxylation is 2.